The first kappa shape index (κ1) is 17.0. The molecule has 132 valence electrons. The van der Waals surface area contributed by atoms with Crippen molar-refractivity contribution >= 4 is 11.8 Å². The van der Waals surface area contributed by atoms with Crippen LogP contribution in [0.4, 0.5) is 10.6 Å². The molecule has 1 aromatic heterocycles. The van der Waals surface area contributed by atoms with Crippen LogP contribution in [-0.4, -0.2) is 45.3 Å². The highest BCUT2D eigenvalue weighted by Gasteiger charge is 2.46. The molecule has 0 spiro atoms. The van der Waals surface area contributed by atoms with E-state index in [0.717, 1.165) is 47.7 Å². The van der Waals surface area contributed by atoms with Crippen molar-refractivity contribution in [3.05, 3.63) is 24.5 Å². The van der Waals surface area contributed by atoms with E-state index in [1.54, 1.807) is 6.07 Å². The van der Waals surface area contributed by atoms with Gasteiger partial charge in [0, 0.05) is 18.0 Å². The molecule has 1 aliphatic carbocycles. The molecule has 2 N–H and O–H groups in total. The summed E-state index contributed by atoms with van der Waals surface area (Å²) in [4.78, 5) is 14.7. The van der Waals surface area contributed by atoms with Crippen LogP contribution in [0.1, 0.15) is 51.2 Å². The van der Waals surface area contributed by atoms with Gasteiger partial charge in [0.2, 0.25) is 0 Å². The van der Waals surface area contributed by atoms with Crippen LogP contribution >= 0.6 is 0 Å². The van der Waals surface area contributed by atoms with Gasteiger partial charge in [-0.2, -0.15) is 0 Å². The van der Waals surface area contributed by atoms with Crippen LogP contribution in [0.3, 0.4) is 0 Å². The molecule has 7 nitrogen and oxygen atoms in total. The maximum atomic E-state index is 12.5. The minimum absolute atomic E-state index is 0.0450. The van der Waals surface area contributed by atoms with Gasteiger partial charge >= 0.3 is 6.03 Å². The Morgan fingerprint density at radius 2 is 2.08 bits per heavy atom. The quantitative estimate of drug-likeness (QED) is 0.806. The molecule has 0 bridgehead atoms. The normalized spacial score (nSPS) is 26.9. The van der Waals surface area contributed by atoms with Crippen molar-refractivity contribution in [1.82, 2.24) is 10.1 Å². The van der Waals surface area contributed by atoms with Gasteiger partial charge < -0.3 is 14.7 Å². The molecule has 1 aliphatic heterocycles. The highest BCUT2D eigenvalue weighted by molar-refractivity contribution is 5.94. The summed E-state index contributed by atoms with van der Waals surface area (Å²) in [5.74, 6) is 1.00. The smallest absolute Gasteiger partial charge is 0.330 e. The monoisotopic (exact) mass is 335 g/mol. The maximum absolute atomic E-state index is 12.5. The van der Waals surface area contributed by atoms with Gasteiger partial charge in [-0.15, -0.1) is 6.58 Å². The summed E-state index contributed by atoms with van der Waals surface area (Å²) in [6.45, 7) is 5.85. The lowest BCUT2D eigenvalue weighted by Crippen LogP contribution is -2.37. The Kier molecular flexibility index (Phi) is 4.64. The van der Waals surface area contributed by atoms with Crippen LogP contribution in [0.2, 0.25) is 0 Å². The number of rotatable bonds is 5. The van der Waals surface area contributed by atoms with E-state index >= 15 is 0 Å². The predicted octanol–water partition coefficient (Wildman–Crippen LogP) is 2.35. The summed E-state index contributed by atoms with van der Waals surface area (Å²) in [5, 5.41) is 24.3. The fourth-order valence-electron chi connectivity index (χ4n) is 3.85. The highest BCUT2D eigenvalue weighted by Crippen LogP contribution is 2.43. The lowest BCUT2D eigenvalue weighted by Gasteiger charge is -2.33. The summed E-state index contributed by atoms with van der Waals surface area (Å²) < 4.78 is 5.56. The largest absolute Gasteiger partial charge is 0.369 e. The molecule has 0 radical (unpaired) electrons. The summed E-state index contributed by atoms with van der Waals surface area (Å²) in [7, 11) is 0. The lowest BCUT2D eigenvalue weighted by atomic mass is 9.70. The van der Waals surface area contributed by atoms with Crippen molar-refractivity contribution in [2.75, 3.05) is 11.4 Å². The summed E-state index contributed by atoms with van der Waals surface area (Å²) in [5.41, 5.74) is -0.0450. The Morgan fingerprint density at radius 3 is 2.71 bits per heavy atom. The number of aliphatic hydroxyl groups excluding tert-OH is 2. The Labute approximate surface area is 141 Å². The van der Waals surface area contributed by atoms with Gasteiger partial charge in [-0.3, -0.25) is 4.90 Å². The summed E-state index contributed by atoms with van der Waals surface area (Å²) in [6, 6.07) is 1.23. The van der Waals surface area contributed by atoms with E-state index in [9.17, 15) is 15.0 Å². The molecule has 7 heteroatoms. The van der Waals surface area contributed by atoms with E-state index in [4.69, 9.17) is 4.52 Å². The van der Waals surface area contributed by atoms with E-state index in [2.05, 4.69) is 18.7 Å². The molecule has 0 aromatic carbocycles. The third kappa shape index (κ3) is 2.61. The molecule has 2 atom stereocenters. The van der Waals surface area contributed by atoms with E-state index in [0.29, 0.717) is 0 Å². The fraction of sp³-hybridized carbons (Fsp3) is 0.647. The second-order valence-electron chi connectivity index (χ2n) is 6.66. The van der Waals surface area contributed by atoms with Gasteiger partial charge in [-0.25, -0.2) is 9.69 Å². The Bertz CT molecular complexity index is 609. The first-order chi connectivity index (χ1) is 11.5. The number of nitrogens with zero attached hydrogens (tertiary/aromatic N) is 3. The first-order valence-corrected chi connectivity index (χ1v) is 8.58. The van der Waals surface area contributed by atoms with Gasteiger partial charge in [-0.05, 0) is 19.3 Å². The van der Waals surface area contributed by atoms with Crippen LogP contribution < -0.4 is 4.90 Å². The SMILES string of the molecule is C=CCN1C(=O)N(c2cc(C3(CC)CCCCC3)on2)C(O)C1O. The molecule has 2 fully saturated rings. The number of aromatic nitrogens is 1. The first-order valence-electron chi connectivity index (χ1n) is 8.58. The molecular weight excluding hydrogens is 310 g/mol. The summed E-state index contributed by atoms with van der Waals surface area (Å²) in [6.07, 6.45) is 5.38. The molecule has 3 rings (SSSR count). The molecule has 2 heterocycles. The van der Waals surface area contributed by atoms with Crippen LogP contribution in [0.15, 0.2) is 23.2 Å². The molecule has 1 saturated carbocycles. The van der Waals surface area contributed by atoms with Gasteiger partial charge in [-0.1, -0.05) is 37.4 Å². The molecular formula is C17H25N3O4. The van der Waals surface area contributed by atoms with Gasteiger partial charge in [0.15, 0.2) is 18.3 Å². The number of aliphatic hydroxyl groups is 2. The number of hydrogen-bond acceptors (Lipinski definition) is 5. The maximum Gasteiger partial charge on any atom is 0.330 e. The Balaban J connectivity index is 1.87. The number of anilines is 1. The molecule has 1 saturated heterocycles. The average Bonchev–Trinajstić information content (AvgIpc) is 3.16. The standard InChI is InChI=1S/C17H25N3O4/c1-3-10-19-14(21)15(22)20(16(19)23)13-11-12(24-18-13)17(4-2)8-6-5-7-9-17/h3,11,14-15,21-22H,1,4-10H2,2H3. The van der Waals surface area contributed by atoms with Crippen molar-refractivity contribution in [2.45, 2.75) is 63.3 Å². The van der Waals surface area contributed by atoms with Gasteiger partial charge in [0.05, 0.1) is 0 Å². The number of hydrogen-bond donors (Lipinski definition) is 2. The molecule has 24 heavy (non-hydrogen) atoms. The van der Waals surface area contributed by atoms with Crippen LogP contribution in [-0.2, 0) is 5.41 Å². The van der Waals surface area contributed by atoms with Crippen molar-refractivity contribution in [3.63, 3.8) is 0 Å². The highest BCUT2D eigenvalue weighted by atomic mass is 16.5. The van der Waals surface area contributed by atoms with Crippen LogP contribution in [0.5, 0.6) is 0 Å². The zero-order chi connectivity index (χ0) is 17.3. The minimum atomic E-state index is -1.38. The van der Waals surface area contributed by atoms with E-state index < -0.39 is 18.5 Å². The molecule has 2 unspecified atom stereocenters. The van der Waals surface area contributed by atoms with Crippen LogP contribution in [0, 0.1) is 0 Å². The second-order valence-corrected chi connectivity index (χ2v) is 6.66. The molecule has 1 aromatic rings. The number of carbonyl (C=O) groups excluding carboxylic acids is 1. The van der Waals surface area contributed by atoms with Crippen molar-refractivity contribution < 1.29 is 19.5 Å². The van der Waals surface area contributed by atoms with E-state index in [1.165, 1.54) is 12.5 Å². The molecule has 2 amide bonds. The zero-order valence-electron chi connectivity index (χ0n) is 14.0. The second kappa shape index (κ2) is 6.57. The van der Waals surface area contributed by atoms with Crippen molar-refractivity contribution in [1.29, 1.82) is 0 Å². The Hall–Kier alpha value is -1.86. The van der Waals surface area contributed by atoms with Crippen molar-refractivity contribution in [2.24, 2.45) is 0 Å². The van der Waals surface area contributed by atoms with Gasteiger partial charge in [0.25, 0.3) is 0 Å². The topological polar surface area (TPSA) is 90.0 Å². The lowest BCUT2D eigenvalue weighted by molar-refractivity contribution is -0.0236. The number of urea groups is 1. The number of amides is 2. The zero-order valence-corrected chi connectivity index (χ0v) is 14.0. The predicted molar refractivity (Wildman–Crippen MR) is 88.3 cm³/mol. The third-order valence-electron chi connectivity index (χ3n) is 5.38. The molecule has 2 aliphatic rings. The summed E-state index contributed by atoms with van der Waals surface area (Å²) >= 11 is 0. The van der Waals surface area contributed by atoms with E-state index in [-0.39, 0.29) is 17.8 Å². The number of carbonyl (C=O) groups is 1. The fourth-order valence-corrected chi connectivity index (χ4v) is 3.85. The third-order valence-corrected chi connectivity index (χ3v) is 5.38. The van der Waals surface area contributed by atoms with Crippen molar-refractivity contribution in [3.8, 4) is 0 Å². The minimum Gasteiger partial charge on any atom is -0.369 e. The van der Waals surface area contributed by atoms with Crippen LogP contribution in [0.25, 0.3) is 0 Å². The Morgan fingerprint density at radius 1 is 1.38 bits per heavy atom. The van der Waals surface area contributed by atoms with Gasteiger partial charge in [0.1, 0.15) is 5.76 Å². The average molecular weight is 335 g/mol. The van der Waals surface area contributed by atoms with E-state index in [1.807, 2.05) is 0 Å².